The Balaban J connectivity index is 1.47. The monoisotopic (exact) mass is 480 g/mol. The summed E-state index contributed by atoms with van der Waals surface area (Å²) in [6.45, 7) is 1.61. The number of carbonyl (C=O) groups is 1. The number of nitrogens with zero attached hydrogens (tertiary/aromatic N) is 1. The molecule has 0 bridgehead atoms. The Morgan fingerprint density at radius 2 is 1.62 bits per heavy atom. The molecule has 1 amide bonds. The van der Waals surface area contributed by atoms with Gasteiger partial charge < -0.3 is 14.8 Å². The average molecular weight is 481 g/mol. The number of ether oxygens (including phenoxy) is 2. The highest BCUT2D eigenvalue weighted by molar-refractivity contribution is 7.89. The average Bonchev–Trinajstić information content (AvgIpc) is 3.43. The minimum absolute atomic E-state index is 0.0150. The second-order valence-electron chi connectivity index (χ2n) is 8.03. The van der Waals surface area contributed by atoms with Gasteiger partial charge in [0.15, 0.2) is 0 Å². The molecule has 7 nitrogen and oxygen atoms in total. The first-order valence-corrected chi connectivity index (χ1v) is 12.6. The number of hydrogen-bond donors (Lipinski definition) is 1. The largest absolute Gasteiger partial charge is 0.495 e. The zero-order valence-electron chi connectivity index (χ0n) is 19.1. The Labute approximate surface area is 200 Å². The van der Waals surface area contributed by atoms with E-state index in [1.54, 1.807) is 6.07 Å². The summed E-state index contributed by atoms with van der Waals surface area (Å²) in [5, 5.41) is 2.90. The van der Waals surface area contributed by atoms with Crippen molar-refractivity contribution in [2.75, 3.05) is 20.2 Å². The van der Waals surface area contributed by atoms with Crippen LogP contribution in [0, 0.1) is 0 Å². The summed E-state index contributed by atoms with van der Waals surface area (Å²) in [6.07, 6.45) is 1.66. The Hall–Kier alpha value is -3.36. The molecule has 3 aromatic rings. The van der Waals surface area contributed by atoms with E-state index in [0.717, 1.165) is 29.7 Å². The molecule has 1 aliphatic rings. The van der Waals surface area contributed by atoms with Gasteiger partial charge in [0.1, 0.15) is 23.0 Å². The van der Waals surface area contributed by atoms with E-state index in [2.05, 4.69) is 5.32 Å². The lowest BCUT2D eigenvalue weighted by Gasteiger charge is -2.18. The lowest BCUT2D eigenvalue weighted by Crippen LogP contribution is -2.29. The summed E-state index contributed by atoms with van der Waals surface area (Å²) in [7, 11) is -2.31. The van der Waals surface area contributed by atoms with E-state index in [1.807, 2.05) is 54.6 Å². The zero-order chi connectivity index (χ0) is 24.0. The maximum atomic E-state index is 13.1. The van der Waals surface area contributed by atoms with E-state index in [9.17, 15) is 13.2 Å². The third-order valence-corrected chi connectivity index (χ3v) is 7.72. The van der Waals surface area contributed by atoms with Crippen LogP contribution in [0.15, 0.2) is 77.7 Å². The first-order valence-electron chi connectivity index (χ1n) is 11.2. The van der Waals surface area contributed by atoms with Gasteiger partial charge in [-0.2, -0.15) is 4.31 Å². The molecule has 0 unspecified atom stereocenters. The van der Waals surface area contributed by atoms with E-state index in [1.165, 1.54) is 23.5 Å². The quantitative estimate of drug-likeness (QED) is 0.501. The molecule has 1 fully saturated rings. The normalized spacial score (nSPS) is 14.0. The van der Waals surface area contributed by atoms with Crippen molar-refractivity contribution in [1.82, 2.24) is 9.62 Å². The third kappa shape index (κ3) is 5.40. The number of para-hydroxylation sites is 1. The van der Waals surface area contributed by atoms with E-state index in [4.69, 9.17) is 9.47 Å². The molecule has 4 rings (SSSR count). The highest BCUT2D eigenvalue weighted by Crippen LogP contribution is 2.30. The Bertz CT molecular complexity index is 1240. The highest BCUT2D eigenvalue weighted by atomic mass is 32.2. The van der Waals surface area contributed by atoms with Crippen molar-refractivity contribution in [1.29, 1.82) is 0 Å². The van der Waals surface area contributed by atoms with Crippen molar-refractivity contribution in [2.45, 2.75) is 30.9 Å². The maximum absolute atomic E-state index is 13.1. The van der Waals surface area contributed by atoms with Gasteiger partial charge in [-0.05, 0) is 54.3 Å². The van der Waals surface area contributed by atoms with Crippen LogP contribution < -0.4 is 14.8 Å². The molecule has 34 heavy (non-hydrogen) atoms. The lowest BCUT2D eigenvalue weighted by atomic mass is 10.1. The Morgan fingerprint density at radius 1 is 0.941 bits per heavy atom. The maximum Gasteiger partial charge on any atom is 0.251 e. The second kappa shape index (κ2) is 10.7. The van der Waals surface area contributed by atoms with Gasteiger partial charge in [0, 0.05) is 25.2 Å². The third-order valence-electron chi connectivity index (χ3n) is 5.80. The van der Waals surface area contributed by atoms with Gasteiger partial charge in [-0.3, -0.25) is 4.79 Å². The molecule has 8 heteroatoms. The van der Waals surface area contributed by atoms with Gasteiger partial charge in [0.05, 0.1) is 7.11 Å². The minimum atomic E-state index is -3.73. The molecule has 0 radical (unpaired) electrons. The van der Waals surface area contributed by atoms with Crippen LogP contribution in [0.1, 0.15) is 34.3 Å². The van der Waals surface area contributed by atoms with Crippen molar-refractivity contribution in [2.24, 2.45) is 0 Å². The summed E-state index contributed by atoms with van der Waals surface area (Å²) in [5.74, 6) is 0.637. The molecule has 1 saturated heterocycles. The minimum Gasteiger partial charge on any atom is -0.495 e. The van der Waals surface area contributed by atoms with E-state index < -0.39 is 10.0 Å². The number of sulfonamides is 1. The smallest absolute Gasteiger partial charge is 0.251 e. The van der Waals surface area contributed by atoms with Crippen LogP contribution in [-0.4, -0.2) is 38.8 Å². The molecular weight excluding hydrogens is 452 g/mol. The predicted molar refractivity (Wildman–Crippen MR) is 129 cm³/mol. The molecule has 1 N–H and O–H groups in total. The fourth-order valence-electron chi connectivity index (χ4n) is 3.91. The number of benzene rings is 3. The molecule has 1 heterocycles. The number of hydrogen-bond acceptors (Lipinski definition) is 5. The fourth-order valence-corrected chi connectivity index (χ4v) is 5.61. The predicted octanol–water partition coefficient (Wildman–Crippen LogP) is 3.99. The first-order chi connectivity index (χ1) is 16.5. The Morgan fingerprint density at radius 3 is 2.32 bits per heavy atom. The molecule has 0 saturated carbocycles. The Kier molecular flexibility index (Phi) is 7.49. The van der Waals surface area contributed by atoms with Gasteiger partial charge >= 0.3 is 0 Å². The molecule has 1 aliphatic heterocycles. The zero-order valence-corrected chi connectivity index (χ0v) is 19.9. The van der Waals surface area contributed by atoms with Crippen LogP contribution in [-0.2, 0) is 23.2 Å². The number of methoxy groups -OCH3 is 1. The van der Waals surface area contributed by atoms with Gasteiger partial charge in [0.2, 0.25) is 10.0 Å². The molecule has 0 aliphatic carbocycles. The standard InChI is InChI=1S/C26H28N2O5S/c1-32-24-14-13-20(17-25(24)34(30,31)28-15-7-8-16-28)26(29)27-18-21-9-5-6-10-22(21)19-33-23-11-3-2-4-12-23/h2-6,9-14,17H,7-8,15-16,18-19H2,1H3,(H,27,29). The number of carbonyl (C=O) groups excluding carboxylic acids is 1. The molecule has 0 atom stereocenters. The summed E-state index contributed by atoms with van der Waals surface area (Å²) >= 11 is 0. The van der Waals surface area contributed by atoms with E-state index in [0.29, 0.717) is 19.7 Å². The van der Waals surface area contributed by atoms with Crippen LogP contribution in [0.4, 0.5) is 0 Å². The summed E-state index contributed by atoms with van der Waals surface area (Å²) in [5.41, 5.74) is 2.14. The molecule has 0 spiro atoms. The molecule has 3 aromatic carbocycles. The van der Waals surface area contributed by atoms with E-state index in [-0.39, 0.29) is 28.7 Å². The first kappa shape index (κ1) is 23.8. The number of nitrogens with one attached hydrogen (secondary N) is 1. The van der Waals surface area contributed by atoms with Crippen molar-refractivity contribution in [3.8, 4) is 11.5 Å². The van der Waals surface area contributed by atoms with Crippen LogP contribution >= 0.6 is 0 Å². The van der Waals surface area contributed by atoms with Crippen molar-refractivity contribution < 1.29 is 22.7 Å². The van der Waals surface area contributed by atoms with Crippen LogP contribution in [0.2, 0.25) is 0 Å². The van der Waals surface area contributed by atoms with Gasteiger partial charge in [0.25, 0.3) is 5.91 Å². The van der Waals surface area contributed by atoms with E-state index >= 15 is 0 Å². The van der Waals surface area contributed by atoms with Crippen molar-refractivity contribution >= 4 is 15.9 Å². The summed E-state index contributed by atoms with van der Waals surface area (Å²) in [4.78, 5) is 12.9. The summed E-state index contributed by atoms with van der Waals surface area (Å²) < 4.78 is 38.8. The fraction of sp³-hybridized carbons (Fsp3) is 0.269. The van der Waals surface area contributed by atoms with Gasteiger partial charge in [-0.1, -0.05) is 42.5 Å². The van der Waals surface area contributed by atoms with Crippen molar-refractivity contribution in [3.05, 3.63) is 89.5 Å². The summed E-state index contributed by atoms with van der Waals surface area (Å²) in [6, 6.07) is 21.7. The van der Waals surface area contributed by atoms with Crippen molar-refractivity contribution in [3.63, 3.8) is 0 Å². The molecule has 0 aromatic heterocycles. The lowest BCUT2D eigenvalue weighted by molar-refractivity contribution is 0.0950. The molecular formula is C26H28N2O5S. The highest BCUT2D eigenvalue weighted by Gasteiger charge is 2.30. The van der Waals surface area contributed by atoms with Crippen LogP contribution in [0.5, 0.6) is 11.5 Å². The van der Waals surface area contributed by atoms with Crippen LogP contribution in [0.3, 0.4) is 0 Å². The second-order valence-corrected chi connectivity index (χ2v) is 9.94. The van der Waals surface area contributed by atoms with Gasteiger partial charge in [-0.15, -0.1) is 0 Å². The van der Waals surface area contributed by atoms with Crippen LogP contribution in [0.25, 0.3) is 0 Å². The number of amides is 1. The topological polar surface area (TPSA) is 84.9 Å². The molecule has 178 valence electrons. The van der Waals surface area contributed by atoms with Gasteiger partial charge in [-0.25, -0.2) is 8.42 Å². The number of rotatable bonds is 9. The SMILES string of the molecule is COc1ccc(C(=O)NCc2ccccc2COc2ccccc2)cc1S(=O)(=O)N1CCCC1.